The number of aliphatic hydroxyl groups is 2. The molecule has 0 saturated carbocycles. The van der Waals surface area contributed by atoms with Crippen LogP contribution in [0.1, 0.15) is 41.5 Å². The lowest BCUT2D eigenvalue weighted by molar-refractivity contribution is -0.0270. The van der Waals surface area contributed by atoms with Gasteiger partial charge in [0, 0.05) is 6.07 Å². The second kappa shape index (κ2) is 6.02. The molecule has 2 atom stereocenters. The molecular weight excluding hydrogens is 256 g/mol. The average molecular weight is 282 g/mol. The molecule has 1 aromatic rings. The van der Waals surface area contributed by atoms with Crippen molar-refractivity contribution in [1.82, 2.24) is 0 Å². The lowest BCUT2D eigenvalue weighted by Crippen LogP contribution is -2.38. The van der Waals surface area contributed by atoms with Crippen molar-refractivity contribution in [3.05, 3.63) is 24.3 Å². The molecule has 4 nitrogen and oxygen atoms in total. The molecule has 1 aromatic carbocycles. The second-order valence-corrected chi connectivity index (χ2v) is 6.30. The molecule has 20 heavy (non-hydrogen) atoms. The Bertz CT molecular complexity index is 392. The molecule has 0 bridgehead atoms. The van der Waals surface area contributed by atoms with Gasteiger partial charge in [-0.2, -0.15) is 0 Å². The van der Waals surface area contributed by atoms with Gasteiger partial charge in [-0.15, -0.1) is 0 Å². The minimum Gasteiger partial charge on any atom is -0.488 e. The molecule has 0 aliphatic carbocycles. The van der Waals surface area contributed by atoms with E-state index in [0.717, 1.165) is 0 Å². The van der Waals surface area contributed by atoms with Gasteiger partial charge in [0.1, 0.15) is 23.7 Å². The maximum Gasteiger partial charge on any atom is 0.124 e. The van der Waals surface area contributed by atoms with Crippen LogP contribution in [0.4, 0.5) is 0 Å². The molecule has 2 unspecified atom stereocenters. The summed E-state index contributed by atoms with van der Waals surface area (Å²) in [5, 5.41) is 19.8. The van der Waals surface area contributed by atoms with Crippen molar-refractivity contribution in [2.24, 2.45) is 0 Å². The molecule has 0 saturated heterocycles. The third-order valence-electron chi connectivity index (χ3n) is 3.42. The molecule has 0 spiro atoms. The summed E-state index contributed by atoms with van der Waals surface area (Å²) < 4.78 is 11.4. The topological polar surface area (TPSA) is 58.9 Å². The van der Waals surface area contributed by atoms with E-state index in [-0.39, 0.29) is 12.2 Å². The Morgan fingerprint density at radius 3 is 1.50 bits per heavy atom. The predicted molar refractivity (Wildman–Crippen MR) is 79.2 cm³/mol. The summed E-state index contributed by atoms with van der Waals surface area (Å²) in [5.74, 6) is 1.25. The van der Waals surface area contributed by atoms with Gasteiger partial charge >= 0.3 is 0 Å². The third-order valence-corrected chi connectivity index (χ3v) is 3.42. The lowest BCUT2D eigenvalue weighted by Gasteiger charge is -2.28. The lowest BCUT2D eigenvalue weighted by atomic mass is 10.0. The van der Waals surface area contributed by atoms with Gasteiger partial charge in [-0.3, -0.25) is 0 Å². The van der Waals surface area contributed by atoms with Gasteiger partial charge < -0.3 is 19.7 Å². The van der Waals surface area contributed by atoms with E-state index < -0.39 is 11.2 Å². The first-order valence-electron chi connectivity index (χ1n) is 6.88. The van der Waals surface area contributed by atoms with Crippen molar-refractivity contribution >= 4 is 0 Å². The maximum atomic E-state index is 9.88. The van der Waals surface area contributed by atoms with Gasteiger partial charge in [0.25, 0.3) is 0 Å². The Kier molecular flexibility index (Phi) is 5.05. The first kappa shape index (κ1) is 16.8. The smallest absolute Gasteiger partial charge is 0.124 e. The number of ether oxygens (including phenoxy) is 2. The molecule has 0 radical (unpaired) electrons. The van der Waals surface area contributed by atoms with E-state index in [2.05, 4.69) is 0 Å². The summed E-state index contributed by atoms with van der Waals surface area (Å²) in [5.41, 5.74) is -1.84. The van der Waals surface area contributed by atoms with Crippen LogP contribution in [0.15, 0.2) is 24.3 Å². The quantitative estimate of drug-likeness (QED) is 0.842. The highest BCUT2D eigenvalue weighted by molar-refractivity contribution is 5.33. The SMILES string of the molecule is CC(Oc1cccc(OC(C)C(C)(C)O)c1)C(C)(C)O. The Hall–Kier alpha value is -1.26. The van der Waals surface area contributed by atoms with Crippen LogP contribution in [0.25, 0.3) is 0 Å². The zero-order valence-electron chi connectivity index (χ0n) is 13.2. The predicted octanol–water partition coefficient (Wildman–Crippen LogP) is 2.76. The van der Waals surface area contributed by atoms with Crippen molar-refractivity contribution in [1.29, 1.82) is 0 Å². The van der Waals surface area contributed by atoms with Crippen LogP contribution >= 0.6 is 0 Å². The third kappa shape index (κ3) is 5.02. The van der Waals surface area contributed by atoms with E-state index in [9.17, 15) is 10.2 Å². The van der Waals surface area contributed by atoms with Crippen molar-refractivity contribution in [3.8, 4) is 11.5 Å². The van der Waals surface area contributed by atoms with E-state index >= 15 is 0 Å². The molecule has 0 heterocycles. The number of benzene rings is 1. The minimum absolute atomic E-state index is 0.343. The standard InChI is InChI=1S/C16H26O4/c1-11(15(3,4)17)19-13-8-7-9-14(10-13)20-12(2)16(5,6)18/h7-12,17-18H,1-6H3. The average Bonchev–Trinajstić information content (AvgIpc) is 2.26. The molecular formula is C16H26O4. The highest BCUT2D eigenvalue weighted by Gasteiger charge is 2.25. The Morgan fingerprint density at radius 2 is 1.20 bits per heavy atom. The maximum absolute atomic E-state index is 9.88. The van der Waals surface area contributed by atoms with E-state index in [4.69, 9.17) is 9.47 Å². The fraction of sp³-hybridized carbons (Fsp3) is 0.625. The number of rotatable bonds is 6. The highest BCUT2D eigenvalue weighted by Crippen LogP contribution is 2.25. The number of hydrogen-bond donors (Lipinski definition) is 2. The Labute approximate surface area is 121 Å². The van der Waals surface area contributed by atoms with E-state index in [0.29, 0.717) is 11.5 Å². The monoisotopic (exact) mass is 282 g/mol. The van der Waals surface area contributed by atoms with Crippen LogP contribution in [0.2, 0.25) is 0 Å². The summed E-state index contributed by atoms with van der Waals surface area (Å²) in [6, 6.07) is 7.19. The van der Waals surface area contributed by atoms with Crippen LogP contribution in [-0.4, -0.2) is 33.6 Å². The molecule has 0 aliphatic heterocycles. The van der Waals surface area contributed by atoms with Gasteiger partial charge in [0.15, 0.2) is 0 Å². The van der Waals surface area contributed by atoms with Crippen LogP contribution in [0.5, 0.6) is 11.5 Å². The first-order chi connectivity index (χ1) is 9.00. The van der Waals surface area contributed by atoms with Gasteiger partial charge in [-0.1, -0.05) is 6.07 Å². The highest BCUT2D eigenvalue weighted by atomic mass is 16.5. The van der Waals surface area contributed by atoms with Crippen LogP contribution in [0, 0.1) is 0 Å². The van der Waals surface area contributed by atoms with Crippen molar-refractivity contribution in [2.75, 3.05) is 0 Å². The second-order valence-electron chi connectivity index (χ2n) is 6.30. The molecule has 0 amide bonds. The first-order valence-corrected chi connectivity index (χ1v) is 6.88. The fourth-order valence-electron chi connectivity index (χ4n) is 1.32. The summed E-state index contributed by atoms with van der Waals surface area (Å²) in [6.45, 7) is 10.4. The van der Waals surface area contributed by atoms with Gasteiger partial charge in [0.05, 0.1) is 11.2 Å². The summed E-state index contributed by atoms with van der Waals surface area (Å²) in [6.07, 6.45) is -0.686. The van der Waals surface area contributed by atoms with Crippen molar-refractivity contribution < 1.29 is 19.7 Å². The molecule has 2 N–H and O–H groups in total. The molecule has 0 aliphatic rings. The normalized spacial score (nSPS) is 15.6. The van der Waals surface area contributed by atoms with Crippen molar-refractivity contribution in [2.45, 2.75) is 65.0 Å². The fourth-order valence-corrected chi connectivity index (χ4v) is 1.32. The molecule has 1 rings (SSSR count). The summed E-state index contributed by atoms with van der Waals surface area (Å²) in [4.78, 5) is 0. The largest absolute Gasteiger partial charge is 0.488 e. The van der Waals surface area contributed by atoms with Gasteiger partial charge in [-0.25, -0.2) is 0 Å². The molecule has 0 aromatic heterocycles. The summed E-state index contributed by atoms with van der Waals surface area (Å²) >= 11 is 0. The van der Waals surface area contributed by atoms with Crippen molar-refractivity contribution in [3.63, 3.8) is 0 Å². The minimum atomic E-state index is -0.919. The molecule has 114 valence electrons. The van der Waals surface area contributed by atoms with Crippen LogP contribution in [-0.2, 0) is 0 Å². The summed E-state index contributed by atoms with van der Waals surface area (Å²) in [7, 11) is 0. The van der Waals surface area contributed by atoms with E-state index in [1.165, 1.54) is 0 Å². The molecule has 0 fully saturated rings. The van der Waals surface area contributed by atoms with E-state index in [1.807, 2.05) is 32.0 Å². The number of hydrogen-bond acceptors (Lipinski definition) is 4. The zero-order valence-corrected chi connectivity index (χ0v) is 13.2. The van der Waals surface area contributed by atoms with Gasteiger partial charge in [-0.05, 0) is 53.7 Å². The van der Waals surface area contributed by atoms with Gasteiger partial charge in [0.2, 0.25) is 0 Å². The zero-order chi connectivity index (χ0) is 15.6. The van der Waals surface area contributed by atoms with Crippen LogP contribution < -0.4 is 9.47 Å². The molecule has 4 heteroatoms. The van der Waals surface area contributed by atoms with Crippen LogP contribution in [0.3, 0.4) is 0 Å². The Morgan fingerprint density at radius 1 is 0.850 bits per heavy atom. The van der Waals surface area contributed by atoms with E-state index in [1.54, 1.807) is 33.8 Å². The Balaban J connectivity index is 2.76.